The van der Waals surface area contributed by atoms with Gasteiger partial charge in [0.15, 0.2) is 0 Å². The summed E-state index contributed by atoms with van der Waals surface area (Å²) >= 11 is 1.16. The van der Waals surface area contributed by atoms with E-state index in [1.165, 1.54) is 12.1 Å². The van der Waals surface area contributed by atoms with Crippen molar-refractivity contribution in [3.05, 3.63) is 81.7 Å². The number of aromatic nitrogens is 3. The maximum Gasteiger partial charge on any atom is 0.416 e. The molecule has 0 atom stereocenters. The summed E-state index contributed by atoms with van der Waals surface area (Å²) in [6.45, 7) is 0.342. The van der Waals surface area contributed by atoms with Crippen molar-refractivity contribution in [1.29, 1.82) is 0 Å². The lowest BCUT2D eigenvalue weighted by atomic mass is 10.2. The zero-order valence-electron chi connectivity index (χ0n) is 16.9. The van der Waals surface area contributed by atoms with Gasteiger partial charge in [0, 0.05) is 23.1 Å². The zero-order chi connectivity index (χ0) is 22.7. The SMILES string of the molecule is O=C(CSc1nc(=O)n(Cc2ccccn2)c2c1CCC2)Nc1ccc(C(F)(F)F)cc1. The number of hydrogen-bond acceptors (Lipinski definition) is 5. The van der Waals surface area contributed by atoms with Crippen LogP contribution in [0.25, 0.3) is 0 Å². The fourth-order valence-corrected chi connectivity index (χ4v) is 4.47. The number of nitrogens with one attached hydrogen (secondary N) is 1. The van der Waals surface area contributed by atoms with Gasteiger partial charge in [-0.2, -0.15) is 18.2 Å². The second-order valence-corrected chi connectivity index (χ2v) is 8.26. The van der Waals surface area contributed by atoms with E-state index in [4.69, 9.17) is 0 Å². The van der Waals surface area contributed by atoms with Gasteiger partial charge in [-0.15, -0.1) is 0 Å². The summed E-state index contributed by atoms with van der Waals surface area (Å²) < 4.78 is 39.6. The number of thioether (sulfide) groups is 1. The number of fused-ring (bicyclic) bond motifs is 1. The first-order chi connectivity index (χ1) is 15.3. The van der Waals surface area contributed by atoms with E-state index in [1.807, 2.05) is 18.2 Å². The van der Waals surface area contributed by atoms with Crippen molar-refractivity contribution in [3.8, 4) is 0 Å². The molecule has 4 rings (SSSR count). The number of hydrogen-bond donors (Lipinski definition) is 1. The van der Waals surface area contributed by atoms with Crippen LogP contribution in [0.1, 0.15) is 28.9 Å². The first-order valence-electron chi connectivity index (χ1n) is 9.93. The Morgan fingerprint density at radius 2 is 1.91 bits per heavy atom. The summed E-state index contributed by atoms with van der Waals surface area (Å²) in [7, 11) is 0. The number of amides is 1. The van der Waals surface area contributed by atoms with E-state index >= 15 is 0 Å². The Bertz CT molecular complexity index is 1180. The molecule has 32 heavy (non-hydrogen) atoms. The normalized spacial score (nSPS) is 13.1. The lowest BCUT2D eigenvalue weighted by Gasteiger charge is -2.14. The molecule has 0 radical (unpaired) electrons. The number of carbonyl (C=O) groups excluding carboxylic acids is 1. The van der Waals surface area contributed by atoms with Crippen LogP contribution < -0.4 is 11.0 Å². The van der Waals surface area contributed by atoms with Crippen molar-refractivity contribution in [2.45, 2.75) is 37.0 Å². The lowest BCUT2D eigenvalue weighted by Crippen LogP contribution is -2.28. The van der Waals surface area contributed by atoms with Crippen molar-refractivity contribution in [3.63, 3.8) is 0 Å². The van der Waals surface area contributed by atoms with Crippen molar-refractivity contribution in [1.82, 2.24) is 14.5 Å². The predicted molar refractivity (Wildman–Crippen MR) is 115 cm³/mol. The minimum atomic E-state index is -4.43. The quantitative estimate of drug-likeness (QED) is 0.446. The lowest BCUT2D eigenvalue weighted by molar-refractivity contribution is -0.137. The average Bonchev–Trinajstić information content (AvgIpc) is 3.25. The van der Waals surface area contributed by atoms with Gasteiger partial charge in [0.1, 0.15) is 5.03 Å². The van der Waals surface area contributed by atoms with Gasteiger partial charge in [0.2, 0.25) is 5.91 Å². The van der Waals surface area contributed by atoms with Crippen LogP contribution in [0.15, 0.2) is 58.5 Å². The first-order valence-corrected chi connectivity index (χ1v) is 10.9. The van der Waals surface area contributed by atoms with E-state index in [0.29, 0.717) is 11.6 Å². The molecule has 3 aromatic rings. The second kappa shape index (κ2) is 9.15. The number of benzene rings is 1. The molecule has 2 heterocycles. The molecule has 10 heteroatoms. The molecular formula is C22H19F3N4O2S. The molecule has 0 saturated carbocycles. The standard InChI is InChI=1S/C22H19F3N4O2S/c23-22(24,25)14-7-9-15(10-8-14)27-19(30)13-32-20-17-5-3-6-18(17)29(21(31)28-20)12-16-4-1-2-11-26-16/h1-2,4,7-11H,3,5-6,12-13H2,(H,27,30). The van der Waals surface area contributed by atoms with Crippen LogP contribution in [-0.2, 0) is 30.4 Å². The van der Waals surface area contributed by atoms with Crippen molar-refractivity contribution >= 4 is 23.4 Å². The maximum atomic E-state index is 12.7. The summed E-state index contributed by atoms with van der Waals surface area (Å²) in [4.78, 5) is 33.4. The second-order valence-electron chi connectivity index (χ2n) is 7.30. The molecule has 1 amide bonds. The summed E-state index contributed by atoms with van der Waals surface area (Å²) in [6, 6.07) is 9.77. The average molecular weight is 460 g/mol. The first kappa shape index (κ1) is 22.1. The largest absolute Gasteiger partial charge is 0.416 e. The van der Waals surface area contributed by atoms with Crippen molar-refractivity contribution in [2.75, 3.05) is 11.1 Å². The Morgan fingerprint density at radius 1 is 1.12 bits per heavy atom. The molecule has 0 aliphatic heterocycles. The molecule has 6 nitrogen and oxygen atoms in total. The highest BCUT2D eigenvalue weighted by molar-refractivity contribution is 8.00. The third kappa shape index (κ3) is 5.01. The Labute approximate surface area is 185 Å². The van der Waals surface area contributed by atoms with Gasteiger partial charge in [-0.3, -0.25) is 14.3 Å². The van der Waals surface area contributed by atoms with Crippen molar-refractivity contribution in [2.24, 2.45) is 0 Å². The number of anilines is 1. The van der Waals surface area contributed by atoms with Gasteiger partial charge in [0.05, 0.1) is 23.6 Å². The van der Waals surface area contributed by atoms with Crippen LogP contribution in [0.3, 0.4) is 0 Å². The third-order valence-corrected chi connectivity index (χ3v) is 6.10. The summed E-state index contributed by atoms with van der Waals surface area (Å²) in [6.07, 6.45) is -0.332. The molecule has 1 aliphatic carbocycles. The fourth-order valence-electron chi connectivity index (χ4n) is 3.60. The van der Waals surface area contributed by atoms with Gasteiger partial charge < -0.3 is 5.32 Å². The summed E-state index contributed by atoms with van der Waals surface area (Å²) in [5.41, 5.74) is 1.75. The topological polar surface area (TPSA) is 76.9 Å². The smallest absolute Gasteiger partial charge is 0.325 e. The van der Waals surface area contributed by atoms with Crippen LogP contribution in [0.2, 0.25) is 0 Å². The van der Waals surface area contributed by atoms with E-state index < -0.39 is 11.7 Å². The van der Waals surface area contributed by atoms with E-state index in [0.717, 1.165) is 60.1 Å². The number of carbonyl (C=O) groups is 1. The zero-order valence-corrected chi connectivity index (χ0v) is 17.7. The molecule has 2 aromatic heterocycles. The molecule has 1 N–H and O–H groups in total. The Hall–Kier alpha value is -3.14. The minimum Gasteiger partial charge on any atom is -0.325 e. The van der Waals surface area contributed by atoms with Gasteiger partial charge >= 0.3 is 11.9 Å². The van der Waals surface area contributed by atoms with Crippen LogP contribution in [0.5, 0.6) is 0 Å². The summed E-state index contributed by atoms with van der Waals surface area (Å²) in [5.74, 6) is -0.398. The Balaban J connectivity index is 1.44. The third-order valence-electron chi connectivity index (χ3n) is 5.08. The molecule has 0 fully saturated rings. The number of pyridine rings is 1. The number of alkyl halides is 3. The van der Waals surface area contributed by atoms with Crippen LogP contribution >= 0.6 is 11.8 Å². The van der Waals surface area contributed by atoms with Crippen LogP contribution in [0, 0.1) is 0 Å². The van der Waals surface area contributed by atoms with E-state index in [9.17, 15) is 22.8 Å². The predicted octanol–water partition coefficient (Wildman–Crippen LogP) is 3.92. The van der Waals surface area contributed by atoms with Gasteiger partial charge in [-0.25, -0.2) is 4.79 Å². The molecule has 166 valence electrons. The highest BCUT2D eigenvalue weighted by Gasteiger charge is 2.30. The molecule has 0 bridgehead atoms. The number of halogens is 3. The molecular weight excluding hydrogens is 441 g/mol. The van der Waals surface area contributed by atoms with E-state index in [2.05, 4.69) is 15.3 Å². The molecule has 1 aromatic carbocycles. The van der Waals surface area contributed by atoms with Gasteiger partial charge in [-0.1, -0.05) is 17.8 Å². The highest BCUT2D eigenvalue weighted by atomic mass is 32.2. The number of rotatable bonds is 6. The Morgan fingerprint density at radius 3 is 2.59 bits per heavy atom. The number of nitrogens with zero attached hydrogens (tertiary/aromatic N) is 3. The molecule has 0 spiro atoms. The highest BCUT2D eigenvalue weighted by Crippen LogP contribution is 2.31. The molecule has 1 aliphatic rings. The molecule has 0 unspecified atom stereocenters. The fraction of sp³-hybridized carbons (Fsp3) is 0.273. The molecule has 0 saturated heterocycles. The van der Waals surface area contributed by atoms with Crippen LogP contribution in [0.4, 0.5) is 18.9 Å². The van der Waals surface area contributed by atoms with Gasteiger partial charge in [0.25, 0.3) is 0 Å². The van der Waals surface area contributed by atoms with Crippen LogP contribution in [-0.4, -0.2) is 26.2 Å². The van der Waals surface area contributed by atoms with E-state index in [1.54, 1.807) is 10.8 Å². The Kier molecular flexibility index (Phi) is 6.31. The monoisotopic (exact) mass is 460 g/mol. The maximum absolute atomic E-state index is 12.7. The van der Waals surface area contributed by atoms with Gasteiger partial charge in [-0.05, 0) is 55.7 Å². The van der Waals surface area contributed by atoms with E-state index in [-0.39, 0.29) is 23.0 Å². The minimum absolute atomic E-state index is 0.00977. The summed E-state index contributed by atoms with van der Waals surface area (Å²) in [5, 5.41) is 3.10. The van der Waals surface area contributed by atoms with Crippen molar-refractivity contribution < 1.29 is 18.0 Å².